The Hall–Kier alpha value is -3.52. The molecule has 0 bridgehead atoms. The number of carbonyl (C=O) groups is 1. The number of hydrogen-bond acceptors (Lipinski definition) is 4. The Labute approximate surface area is 186 Å². The summed E-state index contributed by atoms with van der Waals surface area (Å²) in [7, 11) is -3.56. The zero-order valence-electron chi connectivity index (χ0n) is 17.8. The summed E-state index contributed by atoms with van der Waals surface area (Å²) in [5, 5.41) is 5.07. The molecule has 8 heteroatoms. The van der Waals surface area contributed by atoms with Crippen LogP contribution in [0.15, 0.2) is 66.7 Å². The van der Waals surface area contributed by atoms with Gasteiger partial charge in [-0.3, -0.25) is 9.10 Å². The monoisotopic (exact) mass is 449 g/mol. The van der Waals surface area contributed by atoms with Gasteiger partial charge in [-0.25, -0.2) is 8.42 Å². The predicted molar refractivity (Wildman–Crippen MR) is 127 cm³/mol. The molecule has 0 saturated carbocycles. The van der Waals surface area contributed by atoms with E-state index >= 15 is 0 Å². The number of nitrogens with zero attached hydrogens (tertiary/aromatic N) is 2. The van der Waals surface area contributed by atoms with Gasteiger partial charge >= 0.3 is 0 Å². The Balaban J connectivity index is 1.47. The highest BCUT2D eigenvalue weighted by Gasteiger charge is 2.34. The SMILES string of the molecule is CCn1c2ccccc2c2cc(NC(=O)[C@@H]3CN(S(C)(=O)=O)c4ccccc4O3)ccc21. The second-order valence-corrected chi connectivity index (χ2v) is 9.76. The van der Waals surface area contributed by atoms with Gasteiger partial charge in [-0.05, 0) is 43.3 Å². The van der Waals surface area contributed by atoms with E-state index in [1.165, 1.54) is 4.31 Å². The molecular weight excluding hydrogens is 426 g/mol. The first kappa shape index (κ1) is 20.4. The topological polar surface area (TPSA) is 80.6 Å². The van der Waals surface area contributed by atoms with Gasteiger partial charge in [0.1, 0.15) is 5.75 Å². The first-order chi connectivity index (χ1) is 15.4. The molecular formula is C24H23N3O4S. The van der Waals surface area contributed by atoms with E-state index in [9.17, 15) is 13.2 Å². The largest absolute Gasteiger partial charge is 0.476 e. The first-order valence-electron chi connectivity index (χ1n) is 10.4. The summed E-state index contributed by atoms with van der Waals surface area (Å²) < 4.78 is 33.9. The maximum absolute atomic E-state index is 13.0. The second kappa shape index (κ2) is 7.56. The van der Waals surface area contributed by atoms with Gasteiger partial charge in [-0.15, -0.1) is 0 Å². The number of para-hydroxylation sites is 3. The number of hydrogen-bond donors (Lipinski definition) is 1. The molecule has 1 atom stereocenters. The number of nitrogens with one attached hydrogen (secondary N) is 1. The minimum atomic E-state index is -3.56. The van der Waals surface area contributed by atoms with Gasteiger partial charge in [-0.1, -0.05) is 30.3 Å². The zero-order valence-corrected chi connectivity index (χ0v) is 18.6. The molecule has 0 saturated heterocycles. The summed E-state index contributed by atoms with van der Waals surface area (Å²) in [6.07, 6.45) is 0.161. The summed E-state index contributed by atoms with van der Waals surface area (Å²) in [4.78, 5) is 13.0. The highest BCUT2D eigenvalue weighted by atomic mass is 32.2. The van der Waals surface area contributed by atoms with Crippen LogP contribution in [0, 0.1) is 0 Å². The van der Waals surface area contributed by atoms with Crippen molar-refractivity contribution < 1.29 is 17.9 Å². The lowest BCUT2D eigenvalue weighted by Crippen LogP contribution is -2.48. The van der Waals surface area contributed by atoms with Crippen molar-refractivity contribution in [3.05, 3.63) is 66.7 Å². The second-order valence-electron chi connectivity index (χ2n) is 7.85. The number of aryl methyl sites for hydroxylation is 1. The summed E-state index contributed by atoms with van der Waals surface area (Å²) in [6.45, 7) is 2.86. The van der Waals surface area contributed by atoms with Crippen molar-refractivity contribution in [1.82, 2.24) is 4.57 Å². The minimum Gasteiger partial charge on any atom is -0.476 e. The number of sulfonamides is 1. The quantitative estimate of drug-likeness (QED) is 0.511. The maximum atomic E-state index is 13.0. The van der Waals surface area contributed by atoms with Gasteiger partial charge in [0.25, 0.3) is 5.91 Å². The first-order valence-corrected chi connectivity index (χ1v) is 12.3. The van der Waals surface area contributed by atoms with Crippen molar-refractivity contribution in [3.8, 4) is 5.75 Å². The van der Waals surface area contributed by atoms with Crippen LogP contribution in [0.5, 0.6) is 5.75 Å². The fraction of sp³-hybridized carbons (Fsp3) is 0.208. The molecule has 2 heterocycles. The van der Waals surface area contributed by atoms with Crippen molar-refractivity contribution in [1.29, 1.82) is 0 Å². The van der Waals surface area contributed by atoms with E-state index in [4.69, 9.17) is 4.74 Å². The Morgan fingerprint density at radius 2 is 1.75 bits per heavy atom. The van der Waals surface area contributed by atoms with Crippen molar-refractivity contribution in [2.75, 3.05) is 22.4 Å². The van der Waals surface area contributed by atoms with E-state index in [-0.39, 0.29) is 6.54 Å². The molecule has 5 rings (SSSR count). The van der Waals surface area contributed by atoms with Gasteiger partial charge in [0.2, 0.25) is 10.0 Å². The van der Waals surface area contributed by atoms with Gasteiger partial charge < -0.3 is 14.6 Å². The Morgan fingerprint density at radius 3 is 2.53 bits per heavy atom. The molecule has 0 spiro atoms. The third kappa shape index (κ3) is 3.36. The molecule has 1 amide bonds. The standard InChI is InChI=1S/C24H23N3O4S/c1-3-26-19-9-5-4-8-17(19)18-14-16(12-13-20(18)26)25-24(28)23-15-27(32(2,29)30)21-10-6-7-11-22(21)31-23/h4-14,23H,3,15H2,1-2H3,(H,25,28)/t23-/m0/s1. The van der Waals surface area contributed by atoms with Crippen LogP contribution in [-0.2, 0) is 21.4 Å². The highest BCUT2D eigenvalue weighted by Crippen LogP contribution is 2.35. The Morgan fingerprint density at radius 1 is 1.03 bits per heavy atom. The summed E-state index contributed by atoms with van der Waals surface area (Å²) in [5.74, 6) is -0.0301. The lowest BCUT2D eigenvalue weighted by atomic mass is 10.1. The van der Waals surface area contributed by atoms with Crippen molar-refractivity contribution in [2.24, 2.45) is 0 Å². The smallest absolute Gasteiger partial charge is 0.267 e. The highest BCUT2D eigenvalue weighted by molar-refractivity contribution is 7.92. The van der Waals surface area contributed by atoms with Gasteiger partial charge in [0, 0.05) is 34.0 Å². The number of benzene rings is 3. The van der Waals surface area contributed by atoms with Crippen LogP contribution in [0.25, 0.3) is 21.8 Å². The lowest BCUT2D eigenvalue weighted by Gasteiger charge is -2.33. The van der Waals surface area contributed by atoms with E-state index in [1.807, 2.05) is 30.3 Å². The summed E-state index contributed by atoms with van der Waals surface area (Å²) in [6, 6.07) is 20.8. The summed E-state index contributed by atoms with van der Waals surface area (Å²) >= 11 is 0. The van der Waals surface area contributed by atoms with Gasteiger partial charge in [-0.2, -0.15) is 0 Å². The van der Waals surface area contributed by atoms with Crippen LogP contribution >= 0.6 is 0 Å². The molecule has 0 radical (unpaired) electrons. The van der Waals surface area contributed by atoms with Crippen LogP contribution in [0.4, 0.5) is 11.4 Å². The Kier molecular flexibility index (Phi) is 4.82. The number of aromatic nitrogens is 1. The number of anilines is 2. The van der Waals surface area contributed by atoms with Crippen LogP contribution < -0.4 is 14.4 Å². The number of rotatable bonds is 4. The van der Waals surface area contributed by atoms with Crippen LogP contribution in [0.3, 0.4) is 0 Å². The normalized spacial score (nSPS) is 16.1. The molecule has 3 aromatic carbocycles. The molecule has 1 N–H and O–H groups in total. The summed E-state index contributed by atoms with van der Waals surface area (Å²) in [5.41, 5.74) is 3.31. The van der Waals surface area contributed by atoms with Crippen molar-refractivity contribution in [3.63, 3.8) is 0 Å². The molecule has 32 heavy (non-hydrogen) atoms. The fourth-order valence-electron chi connectivity index (χ4n) is 4.35. The number of carbonyl (C=O) groups excluding carboxylic acids is 1. The molecule has 0 unspecified atom stereocenters. The van der Waals surface area contributed by atoms with Gasteiger partial charge in [0.05, 0.1) is 18.5 Å². The number of ether oxygens (including phenoxy) is 1. The van der Waals surface area contributed by atoms with E-state index in [2.05, 4.69) is 28.9 Å². The Bertz CT molecular complexity index is 1460. The maximum Gasteiger partial charge on any atom is 0.267 e. The molecule has 164 valence electrons. The van der Waals surface area contributed by atoms with E-state index < -0.39 is 22.0 Å². The zero-order chi connectivity index (χ0) is 22.5. The van der Waals surface area contributed by atoms with Crippen LogP contribution in [-0.4, -0.2) is 37.8 Å². The molecule has 1 aliphatic rings. The molecule has 0 aliphatic carbocycles. The molecule has 1 aliphatic heterocycles. The van der Waals surface area contributed by atoms with Crippen molar-refractivity contribution in [2.45, 2.75) is 19.6 Å². The lowest BCUT2D eigenvalue weighted by molar-refractivity contribution is -0.122. The average Bonchev–Trinajstić information content (AvgIpc) is 3.10. The number of fused-ring (bicyclic) bond motifs is 4. The van der Waals surface area contributed by atoms with E-state index in [0.29, 0.717) is 17.1 Å². The molecule has 7 nitrogen and oxygen atoms in total. The number of amides is 1. The van der Waals surface area contributed by atoms with E-state index in [1.54, 1.807) is 24.3 Å². The molecule has 0 fully saturated rings. The van der Waals surface area contributed by atoms with Crippen LogP contribution in [0.1, 0.15) is 6.92 Å². The van der Waals surface area contributed by atoms with Crippen molar-refractivity contribution >= 4 is 49.1 Å². The molecule has 1 aromatic heterocycles. The average molecular weight is 450 g/mol. The predicted octanol–water partition coefficient (Wildman–Crippen LogP) is 3.98. The van der Waals surface area contributed by atoms with E-state index in [0.717, 1.165) is 34.6 Å². The third-order valence-electron chi connectivity index (χ3n) is 5.78. The van der Waals surface area contributed by atoms with Gasteiger partial charge in [0.15, 0.2) is 6.10 Å². The third-order valence-corrected chi connectivity index (χ3v) is 6.93. The minimum absolute atomic E-state index is 0.0843. The fourth-order valence-corrected chi connectivity index (χ4v) is 5.26. The molecule has 4 aromatic rings. The van der Waals surface area contributed by atoms with Crippen LogP contribution in [0.2, 0.25) is 0 Å².